The van der Waals surface area contributed by atoms with Gasteiger partial charge in [-0.2, -0.15) is 4.98 Å². The number of hydrogen-bond acceptors (Lipinski definition) is 6. The lowest BCUT2D eigenvalue weighted by atomic mass is 9.97. The van der Waals surface area contributed by atoms with Gasteiger partial charge in [0.05, 0.1) is 11.5 Å². The molecular weight excluding hydrogens is 326 g/mol. The molecule has 0 bridgehead atoms. The highest BCUT2D eigenvalue weighted by atomic mass is 16.5. The van der Waals surface area contributed by atoms with Crippen LogP contribution in [-0.4, -0.2) is 45.1 Å². The maximum Gasteiger partial charge on any atom is 0.308 e. The first-order valence-corrected chi connectivity index (χ1v) is 8.07. The molecule has 0 aliphatic carbocycles. The Balaban J connectivity index is 1.73. The van der Waals surface area contributed by atoms with Crippen LogP contribution in [0.3, 0.4) is 0 Å². The summed E-state index contributed by atoms with van der Waals surface area (Å²) in [4.78, 5) is 29.6. The SMILES string of the molecule is Cc1nc(COc2ccccc2C(=O)N2CCCC(C(=O)O)C2)no1. The highest BCUT2D eigenvalue weighted by molar-refractivity contribution is 5.97. The van der Waals surface area contributed by atoms with Crippen molar-refractivity contribution in [3.8, 4) is 5.75 Å². The van der Waals surface area contributed by atoms with Crippen LogP contribution in [0, 0.1) is 12.8 Å². The zero-order valence-electron chi connectivity index (χ0n) is 13.8. The fourth-order valence-corrected chi connectivity index (χ4v) is 2.84. The van der Waals surface area contributed by atoms with Gasteiger partial charge < -0.3 is 19.3 Å². The summed E-state index contributed by atoms with van der Waals surface area (Å²) in [5, 5.41) is 12.9. The van der Waals surface area contributed by atoms with Gasteiger partial charge >= 0.3 is 5.97 Å². The number of aliphatic carboxylic acids is 1. The second-order valence-corrected chi connectivity index (χ2v) is 5.94. The number of ether oxygens (including phenoxy) is 1. The van der Waals surface area contributed by atoms with Crippen LogP contribution in [0.2, 0.25) is 0 Å². The number of carbonyl (C=O) groups is 2. The summed E-state index contributed by atoms with van der Waals surface area (Å²) >= 11 is 0. The van der Waals surface area contributed by atoms with E-state index in [2.05, 4.69) is 10.1 Å². The molecule has 0 spiro atoms. The summed E-state index contributed by atoms with van der Waals surface area (Å²) in [6.07, 6.45) is 1.27. The van der Waals surface area contributed by atoms with Gasteiger partial charge in [-0.15, -0.1) is 0 Å². The van der Waals surface area contributed by atoms with E-state index in [4.69, 9.17) is 9.26 Å². The summed E-state index contributed by atoms with van der Waals surface area (Å²) in [6.45, 7) is 2.52. The second kappa shape index (κ2) is 7.33. The highest BCUT2D eigenvalue weighted by Crippen LogP contribution is 2.24. The van der Waals surface area contributed by atoms with Crippen LogP contribution in [0.5, 0.6) is 5.75 Å². The zero-order valence-corrected chi connectivity index (χ0v) is 13.8. The van der Waals surface area contributed by atoms with Gasteiger partial charge in [-0.25, -0.2) is 0 Å². The molecule has 1 atom stereocenters. The van der Waals surface area contributed by atoms with Crippen LogP contribution in [0.15, 0.2) is 28.8 Å². The summed E-state index contributed by atoms with van der Waals surface area (Å²) in [7, 11) is 0. The van der Waals surface area contributed by atoms with Crippen molar-refractivity contribution in [1.82, 2.24) is 15.0 Å². The monoisotopic (exact) mass is 345 g/mol. The number of hydrogen-bond donors (Lipinski definition) is 1. The lowest BCUT2D eigenvalue weighted by molar-refractivity contribution is -0.143. The third-order valence-electron chi connectivity index (χ3n) is 4.10. The van der Waals surface area contributed by atoms with Crippen molar-refractivity contribution < 1.29 is 24.0 Å². The molecule has 1 aromatic heterocycles. The smallest absolute Gasteiger partial charge is 0.308 e. The average Bonchev–Trinajstić information content (AvgIpc) is 3.05. The Morgan fingerprint density at radius 3 is 2.92 bits per heavy atom. The quantitative estimate of drug-likeness (QED) is 0.882. The van der Waals surface area contributed by atoms with E-state index in [1.54, 1.807) is 36.1 Å². The van der Waals surface area contributed by atoms with Crippen molar-refractivity contribution in [2.45, 2.75) is 26.4 Å². The van der Waals surface area contributed by atoms with Crippen molar-refractivity contribution in [2.24, 2.45) is 5.92 Å². The molecule has 0 radical (unpaired) electrons. The van der Waals surface area contributed by atoms with E-state index in [1.165, 1.54) is 0 Å². The molecule has 1 N–H and O–H groups in total. The van der Waals surface area contributed by atoms with Gasteiger partial charge in [-0.1, -0.05) is 17.3 Å². The number of para-hydroxylation sites is 1. The predicted octanol–water partition coefficient (Wildman–Crippen LogP) is 1.89. The van der Waals surface area contributed by atoms with E-state index in [0.29, 0.717) is 42.4 Å². The number of amides is 1. The molecule has 2 heterocycles. The molecule has 8 nitrogen and oxygen atoms in total. The van der Waals surface area contributed by atoms with Gasteiger partial charge in [0.1, 0.15) is 5.75 Å². The molecule has 1 unspecified atom stereocenters. The van der Waals surface area contributed by atoms with Crippen molar-refractivity contribution in [1.29, 1.82) is 0 Å². The number of nitrogens with zero attached hydrogens (tertiary/aromatic N) is 3. The topological polar surface area (TPSA) is 106 Å². The largest absolute Gasteiger partial charge is 0.485 e. The molecule has 1 aromatic carbocycles. The number of benzene rings is 1. The Labute approximate surface area is 144 Å². The number of piperidine rings is 1. The van der Waals surface area contributed by atoms with Crippen LogP contribution in [0.1, 0.15) is 34.9 Å². The minimum absolute atomic E-state index is 0.0827. The number of carboxylic acids is 1. The van der Waals surface area contributed by atoms with E-state index < -0.39 is 11.9 Å². The van der Waals surface area contributed by atoms with Crippen molar-refractivity contribution in [2.75, 3.05) is 13.1 Å². The van der Waals surface area contributed by atoms with Crippen LogP contribution in [0.4, 0.5) is 0 Å². The maximum atomic E-state index is 12.8. The van der Waals surface area contributed by atoms with Gasteiger partial charge in [0.2, 0.25) is 11.7 Å². The van der Waals surface area contributed by atoms with Crippen molar-refractivity contribution in [3.63, 3.8) is 0 Å². The summed E-state index contributed by atoms with van der Waals surface area (Å²) < 4.78 is 10.6. The Morgan fingerprint density at radius 1 is 1.40 bits per heavy atom. The van der Waals surface area contributed by atoms with Gasteiger partial charge in [-0.3, -0.25) is 9.59 Å². The van der Waals surface area contributed by atoms with Crippen LogP contribution < -0.4 is 4.74 Å². The van der Waals surface area contributed by atoms with Gasteiger partial charge in [0.25, 0.3) is 5.91 Å². The number of likely N-dealkylation sites (tertiary alicyclic amines) is 1. The first-order chi connectivity index (χ1) is 12.0. The second-order valence-electron chi connectivity index (χ2n) is 5.94. The number of rotatable bonds is 5. The Hall–Kier alpha value is -2.90. The van der Waals surface area contributed by atoms with Gasteiger partial charge in [-0.05, 0) is 25.0 Å². The number of aromatic nitrogens is 2. The molecule has 1 amide bonds. The highest BCUT2D eigenvalue weighted by Gasteiger charge is 2.29. The van der Waals surface area contributed by atoms with Crippen molar-refractivity contribution >= 4 is 11.9 Å². The number of carboxylic acid groups (broad SMARTS) is 1. The molecule has 2 aromatic rings. The van der Waals surface area contributed by atoms with E-state index in [9.17, 15) is 14.7 Å². The molecular formula is C17H19N3O5. The van der Waals surface area contributed by atoms with E-state index in [0.717, 1.165) is 0 Å². The number of aryl methyl sites for hydroxylation is 1. The fourth-order valence-electron chi connectivity index (χ4n) is 2.84. The Kier molecular flexibility index (Phi) is 4.97. The molecule has 8 heteroatoms. The van der Waals surface area contributed by atoms with Gasteiger partial charge in [0.15, 0.2) is 6.61 Å². The first kappa shape index (κ1) is 16.9. The third kappa shape index (κ3) is 3.96. The Bertz CT molecular complexity index is 773. The summed E-state index contributed by atoms with van der Waals surface area (Å²) in [5.74, 6) is -0.375. The van der Waals surface area contributed by atoms with Crippen LogP contribution >= 0.6 is 0 Å². The normalized spacial score (nSPS) is 17.3. The summed E-state index contributed by atoms with van der Waals surface area (Å²) in [5.41, 5.74) is 0.397. The molecule has 25 heavy (non-hydrogen) atoms. The predicted molar refractivity (Wildman–Crippen MR) is 86.1 cm³/mol. The standard InChI is InChI=1S/C17H19N3O5/c1-11-18-15(19-25-11)10-24-14-7-3-2-6-13(14)16(21)20-8-4-5-12(9-20)17(22)23/h2-3,6-7,12H,4-5,8-10H2,1H3,(H,22,23). The third-order valence-corrected chi connectivity index (χ3v) is 4.10. The molecule has 3 rings (SSSR count). The summed E-state index contributed by atoms with van der Waals surface area (Å²) in [6, 6.07) is 6.88. The first-order valence-electron chi connectivity index (χ1n) is 8.07. The zero-order chi connectivity index (χ0) is 17.8. The minimum Gasteiger partial charge on any atom is -0.485 e. The Morgan fingerprint density at radius 2 is 2.20 bits per heavy atom. The molecule has 1 aliphatic heterocycles. The molecule has 132 valence electrons. The lowest BCUT2D eigenvalue weighted by Crippen LogP contribution is -2.42. The molecule has 1 aliphatic rings. The van der Waals surface area contributed by atoms with Crippen LogP contribution in [0.25, 0.3) is 0 Å². The van der Waals surface area contributed by atoms with E-state index in [-0.39, 0.29) is 19.1 Å². The van der Waals surface area contributed by atoms with E-state index in [1.807, 2.05) is 0 Å². The average molecular weight is 345 g/mol. The maximum absolute atomic E-state index is 12.8. The molecule has 1 fully saturated rings. The molecule has 1 saturated heterocycles. The molecule has 0 saturated carbocycles. The minimum atomic E-state index is -0.866. The van der Waals surface area contributed by atoms with Crippen LogP contribution in [-0.2, 0) is 11.4 Å². The fraction of sp³-hybridized carbons (Fsp3) is 0.412. The van der Waals surface area contributed by atoms with Gasteiger partial charge in [0, 0.05) is 20.0 Å². The number of carbonyl (C=O) groups excluding carboxylic acids is 1. The lowest BCUT2D eigenvalue weighted by Gasteiger charge is -2.31. The van der Waals surface area contributed by atoms with E-state index >= 15 is 0 Å². The van der Waals surface area contributed by atoms with Crippen molar-refractivity contribution in [3.05, 3.63) is 41.5 Å².